The third-order valence-corrected chi connectivity index (χ3v) is 4.70. The average molecular weight is 266 g/mol. The standard InChI is InChI=1S/C9H16ClN3O2S/c1-7(2)16(14,15)5-4-13-6-9(8(3)10)11-12-13/h6-8H,4-5H2,1-3H3. The lowest BCUT2D eigenvalue weighted by molar-refractivity contribution is 0.568. The molecule has 1 heterocycles. The van der Waals surface area contributed by atoms with E-state index in [-0.39, 0.29) is 16.4 Å². The van der Waals surface area contributed by atoms with Gasteiger partial charge in [-0.15, -0.1) is 16.7 Å². The molecule has 0 aromatic carbocycles. The van der Waals surface area contributed by atoms with E-state index in [9.17, 15) is 8.42 Å². The van der Waals surface area contributed by atoms with Gasteiger partial charge in [-0.2, -0.15) is 0 Å². The third kappa shape index (κ3) is 3.45. The Balaban J connectivity index is 2.62. The van der Waals surface area contributed by atoms with Gasteiger partial charge in [-0.1, -0.05) is 5.21 Å². The minimum atomic E-state index is -3.03. The van der Waals surface area contributed by atoms with Crippen molar-refractivity contribution in [1.29, 1.82) is 0 Å². The van der Waals surface area contributed by atoms with Gasteiger partial charge in [0.05, 0.1) is 22.9 Å². The van der Waals surface area contributed by atoms with Crippen LogP contribution >= 0.6 is 11.6 Å². The van der Waals surface area contributed by atoms with E-state index in [4.69, 9.17) is 11.6 Å². The number of sulfone groups is 1. The van der Waals surface area contributed by atoms with Crippen LogP contribution in [-0.2, 0) is 16.4 Å². The first-order valence-electron chi connectivity index (χ1n) is 5.08. The molecule has 0 radical (unpaired) electrons. The number of halogens is 1. The van der Waals surface area contributed by atoms with E-state index in [1.165, 1.54) is 4.68 Å². The molecule has 0 saturated carbocycles. The number of aryl methyl sites for hydroxylation is 1. The Kier molecular flexibility index (Phi) is 4.32. The molecule has 1 unspecified atom stereocenters. The number of hydrogen-bond donors (Lipinski definition) is 0. The monoisotopic (exact) mass is 265 g/mol. The molecule has 1 rings (SSSR count). The van der Waals surface area contributed by atoms with Gasteiger partial charge < -0.3 is 0 Å². The number of nitrogens with zero attached hydrogens (tertiary/aromatic N) is 3. The predicted molar refractivity (Wildman–Crippen MR) is 63.2 cm³/mol. The lowest BCUT2D eigenvalue weighted by atomic mass is 10.4. The molecule has 92 valence electrons. The molecule has 7 heteroatoms. The van der Waals surface area contributed by atoms with Gasteiger partial charge in [0.15, 0.2) is 9.84 Å². The van der Waals surface area contributed by atoms with E-state index < -0.39 is 9.84 Å². The molecule has 0 amide bonds. The van der Waals surface area contributed by atoms with Crippen molar-refractivity contribution in [2.45, 2.75) is 37.9 Å². The second-order valence-electron chi connectivity index (χ2n) is 3.94. The topological polar surface area (TPSA) is 64.8 Å². The number of alkyl halides is 1. The van der Waals surface area contributed by atoms with Crippen LogP contribution in [0.15, 0.2) is 6.20 Å². The molecule has 0 aliphatic heterocycles. The molecular formula is C9H16ClN3O2S. The second-order valence-corrected chi connectivity index (χ2v) is 7.27. The van der Waals surface area contributed by atoms with Crippen molar-refractivity contribution in [1.82, 2.24) is 15.0 Å². The summed E-state index contributed by atoms with van der Waals surface area (Å²) in [4.78, 5) is 0. The van der Waals surface area contributed by atoms with Crippen LogP contribution in [-0.4, -0.2) is 34.4 Å². The summed E-state index contributed by atoms with van der Waals surface area (Å²) < 4.78 is 24.6. The summed E-state index contributed by atoms with van der Waals surface area (Å²) in [6.07, 6.45) is 1.67. The van der Waals surface area contributed by atoms with E-state index in [0.717, 1.165) is 0 Å². The van der Waals surface area contributed by atoms with Gasteiger partial charge in [0.25, 0.3) is 0 Å². The molecule has 0 spiro atoms. The second kappa shape index (κ2) is 5.14. The van der Waals surface area contributed by atoms with Gasteiger partial charge in [0.1, 0.15) is 5.69 Å². The highest BCUT2D eigenvalue weighted by Crippen LogP contribution is 2.15. The number of hydrogen-bond acceptors (Lipinski definition) is 4. The summed E-state index contributed by atoms with van der Waals surface area (Å²) in [6.45, 7) is 5.45. The number of rotatable bonds is 5. The highest BCUT2D eigenvalue weighted by Gasteiger charge is 2.16. The van der Waals surface area contributed by atoms with Crippen LogP contribution in [0.3, 0.4) is 0 Å². The summed E-state index contributed by atoms with van der Waals surface area (Å²) >= 11 is 5.82. The van der Waals surface area contributed by atoms with Crippen molar-refractivity contribution in [2.75, 3.05) is 5.75 Å². The maximum absolute atomic E-state index is 11.6. The molecule has 16 heavy (non-hydrogen) atoms. The Morgan fingerprint density at radius 3 is 2.50 bits per heavy atom. The maximum atomic E-state index is 11.6. The Labute approximate surface area is 101 Å². The van der Waals surface area contributed by atoms with E-state index in [1.54, 1.807) is 27.0 Å². The van der Waals surface area contributed by atoms with Gasteiger partial charge in [0, 0.05) is 6.20 Å². The van der Waals surface area contributed by atoms with E-state index >= 15 is 0 Å². The molecule has 1 aromatic heterocycles. The largest absolute Gasteiger partial charge is 0.251 e. The van der Waals surface area contributed by atoms with Crippen LogP contribution in [0, 0.1) is 0 Å². The number of aromatic nitrogens is 3. The highest BCUT2D eigenvalue weighted by atomic mass is 35.5. The molecule has 5 nitrogen and oxygen atoms in total. The first-order valence-corrected chi connectivity index (χ1v) is 7.24. The van der Waals surface area contributed by atoms with Gasteiger partial charge in [0.2, 0.25) is 0 Å². The minimum Gasteiger partial charge on any atom is -0.251 e. The predicted octanol–water partition coefficient (Wildman–Crippen LogP) is 1.40. The average Bonchev–Trinajstić information content (AvgIpc) is 2.63. The first kappa shape index (κ1) is 13.4. The van der Waals surface area contributed by atoms with Crippen molar-refractivity contribution in [3.8, 4) is 0 Å². The highest BCUT2D eigenvalue weighted by molar-refractivity contribution is 7.91. The van der Waals surface area contributed by atoms with Gasteiger partial charge in [-0.05, 0) is 20.8 Å². The van der Waals surface area contributed by atoms with E-state index in [1.807, 2.05) is 0 Å². The van der Waals surface area contributed by atoms with Crippen LogP contribution in [0.25, 0.3) is 0 Å². The van der Waals surface area contributed by atoms with Crippen molar-refractivity contribution in [2.24, 2.45) is 0 Å². The zero-order valence-electron chi connectivity index (χ0n) is 9.59. The van der Waals surface area contributed by atoms with Crippen LogP contribution in [0.5, 0.6) is 0 Å². The maximum Gasteiger partial charge on any atom is 0.154 e. The van der Waals surface area contributed by atoms with E-state index in [2.05, 4.69) is 10.3 Å². The molecule has 1 atom stereocenters. The Morgan fingerprint density at radius 1 is 1.44 bits per heavy atom. The minimum absolute atomic E-state index is 0.0735. The van der Waals surface area contributed by atoms with Gasteiger partial charge in [-0.3, -0.25) is 4.68 Å². The summed E-state index contributed by atoms with van der Waals surface area (Å²) in [7, 11) is -3.03. The molecule has 0 saturated heterocycles. The fraction of sp³-hybridized carbons (Fsp3) is 0.778. The van der Waals surface area contributed by atoms with Gasteiger partial charge in [-0.25, -0.2) is 8.42 Å². The molecule has 0 N–H and O–H groups in total. The van der Waals surface area contributed by atoms with Crippen molar-refractivity contribution >= 4 is 21.4 Å². The molecule has 0 fully saturated rings. The molecule has 0 aliphatic rings. The van der Waals surface area contributed by atoms with Crippen molar-refractivity contribution < 1.29 is 8.42 Å². The lowest BCUT2D eigenvalue weighted by Crippen LogP contribution is -2.21. The third-order valence-electron chi connectivity index (χ3n) is 2.29. The smallest absolute Gasteiger partial charge is 0.154 e. The quantitative estimate of drug-likeness (QED) is 0.755. The SMILES string of the molecule is CC(Cl)c1cn(CCS(=O)(=O)C(C)C)nn1. The fourth-order valence-electron chi connectivity index (χ4n) is 1.06. The first-order chi connectivity index (χ1) is 7.33. The fourth-order valence-corrected chi connectivity index (χ4v) is 2.07. The Bertz CT molecular complexity index is 439. The Hall–Kier alpha value is -0.620. The van der Waals surface area contributed by atoms with Gasteiger partial charge >= 0.3 is 0 Å². The normalized spacial score (nSPS) is 14.3. The summed E-state index contributed by atoms with van der Waals surface area (Å²) in [5.74, 6) is 0.0735. The zero-order valence-corrected chi connectivity index (χ0v) is 11.2. The summed E-state index contributed by atoms with van der Waals surface area (Å²) in [5.41, 5.74) is 0.656. The lowest BCUT2D eigenvalue weighted by Gasteiger charge is -2.06. The molecule has 0 bridgehead atoms. The molecule has 1 aromatic rings. The summed E-state index contributed by atoms with van der Waals surface area (Å²) in [5, 5.41) is 7.09. The van der Waals surface area contributed by atoms with Crippen molar-refractivity contribution in [3.63, 3.8) is 0 Å². The Morgan fingerprint density at radius 2 is 2.06 bits per heavy atom. The zero-order chi connectivity index (χ0) is 12.3. The van der Waals surface area contributed by atoms with Crippen LogP contribution in [0.1, 0.15) is 31.8 Å². The molecule has 0 aliphatic carbocycles. The summed E-state index contributed by atoms with van der Waals surface area (Å²) in [6, 6.07) is 0. The van der Waals surface area contributed by atoms with E-state index in [0.29, 0.717) is 12.2 Å². The molecular weight excluding hydrogens is 250 g/mol. The van der Waals surface area contributed by atoms with Crippen LogP contribution in [0.2, 0.25) is 0 Å². The van der Waals surface area contributed by atoms with Crippen molar-refractivity contribution in [3.05, 3.63) is 11.9 Å². The van der Waals surface area contributed by atoms with Crippen LogP contribution < -0.4 is 0 Å². The van der Waals surface area contributed by atoms with Crippen LogP contribution in [0.4, 0.5) is 0 Å².